The Hall–Kier alpha value is -2.51. The highest BCUT2D eigenvalue weighted by molar-refractivity contribution is 5.94. The number of nitrogens with zero attached hydrogens (tertiary/aromatic N) is 4. The van der Waals surface area contributed by atoms with Crippen molar-refractivity contribution in [3.05, 3.63) is 42.2 Å². The van der Waals surface area contributed by atoms with Crippen LogP contribution in [0.25, 0.3) is 11.3 Å². The average Bonchev–Trinajstić information content (AvgIpc) is 2.87. The van der Waals surface area contributed by atoms with Crippen LogP contribution in [0.2, 0.25) is 0 Å². The number of likely N-dealkylation sites (tertiary alicyclic amines) is 2. The molecule has 1 saturated carbocycles. The van der Waals surface area contributed by atoms with Gasteiger partial charge >= 0.3 is 0 Å². The first kappa shape index (κ1) is 24.2. The van der Waals surface area contributed by atoms with E-state index in [4.69, 9.17) is 4.74 Å². The van der Waals surface area contributed by atoms with Gasteiger partial charge in [0, 0.05) is 30.8 Å². The highest BCUT2D eigenvalue weighted by atomic mass is 16.5. The number of benzene rings is 1. The Morgan fingerprint density at radius 2 is 1.83 bits per heavy atom. The first-order valence-corrected chi connectivity index (χ1v) is 13.2. The number of hydrogen-bond donors (Lipinski definition) is 1. The molecule has 2 aliphatic heterocycles. The van der Waals surface area contributed by atoms with Gasteiger partial charge in [0.2, 0.25) is 5.88 Å². The zero-order chi connectivity index (χ0) is 24.3. The van der Waals surface area contributed by atoms with Crippen molar-refractivity contribution >= 4 is 5.91 Å². The van der Waals surface area contributed by atoms with Crippen molar-refractivity contribution in [2.24, 2.45) is 11.3 Å². The van der Waals surface area contributed by atoms with Crippen molar-refractivity contribution in [1.82, 2.24) is 19.8 Å². The number of rotatable bonds is 7. The molecule has 3 fully saturated rings. The fraction of sp³-hybridized carbons (Fsp3) is 0.607. The molecule has 7 heteroatoms. The Morgan fingerprint density at radius 1 is 1.06 bits per heavy atom. The molecular weight excluding hydrogens is 440 g/mol. The first-order valence-electron chi connectivity index (χ1n) is 13.2. The van der Waals surface area contributed by atoms with Gasteiger partial charge in [0.25, 0.3) is 5.91 Å². The number of hydrogen-bond acceptors (Lipinski definition) is 6. The van der Waals surface area contributed by atoms with E-state index in [1.54, 1.807) is 17.3 Å². The van der Waals surface area contributed by atoms with Gasteiger partial charge in [0.1, 0.15) is 0 Å². The molecular formula is C28H38N4O3. The Bertz CT molecular complexity index is 982. The highest BCUT2D eigenvalue weighted by Crippen LogP contribution is 2.41. The molecule has 3 heterocycles. The number of β-amino-alcohol motifs (C(OH)–C–C–N with tert-alkyl or cyclic N) is 1. The zero-order valence-corrected chi connectivity index (χ0v) is 20.9. The summed E-state index contributed by atoms with van der Waals surface area (Å²) in [6.45, 7) is 7.83. The van der Waals surface area contributed by atoms with Crippen LogP contribution < -0.4 is 4.74 Å². The minimum Gasteiger partial charge on any atom is -0.476 e. The topological polar surface area (TPSA) is 78.8 Å². The van der Waals surface area contributed by atoms with Gasteiger partial charge in [0.15, 0.2) is 0 Å². The summed E-state index contributed by atoms with van der Waals surface area (Å²) < 4.78 is 5.97. The second kappa shape index (κ2) is 10.6. The van der Waals surface area contributed by atoms with E-state index >= 15 is 0 Å². The Morgan fingerprint density at radius 3 is 2.46 bits per heavy atom. The van der Waals surface area contributed by atoms with Gasteiger partial charge in [-0.2, -0.15) is 0 Å². The standard InChI is InChI=1S/C28H38N4O3/c1-28(11-3-12-28)20-31-14-9-21(10-15-31)19-35-26-17-29-25(16-30-26)22-5-7-23(8-6-22)27(34)32-13-2-4-24(33)18-32/h5-8,16-17,21,24,33H,2-4,9-15,18-20H2,1H3/t24-/m1/s1. The molecule has 0 unspecified atom stereocenters. The summed E-state index contributed by atoms with van der Waals surface area (Å²) >= 11 is 0. The smallest absolute Gasteiger partial charge is 0.253 e. The van der Waals surface area contributed by atoms with Crippen LogP contribution in [0.15, 0.2) is 36.7 Å². The van der Waals surface area contributed by atoms with E-state index in [1.165, 1.54) is 51.7 Å². The molecule has 1 atom stereocenters. The lowest BCUT2D eigenvalue weighted by molar-refractivity contribution is 0.0474. The number of amides is 1. The summed E-state index contributed by atoms with van der Waals surface area (Å²) in [5, 5.41) is 9.84. The summed E-state index contributed by atoms with van der Waals surface area (Å²) in [4.78, 5) is 26.1. The van der Waals surface area contributed by atoms with E-state index in [2.05, 4.69) is 21.8 Å². The number of piperidine rings is 2. The molecule has 0 radical (unpaired) electrons. The Labute approximate surface area is 208 Å². The van der Waals surface area contributed by atoms with Crippen LogP contribution in [0.5, 0.6) is 5.88 Å². The van der Waals surface area contributed by atoms with Crippen LogP contribution in [0.4, 0.5) is 0 Å². The lowest BCUT2D eigenvalue weighted by Gasteiger charge is -2.44. The van der Waals surface area contributed by atoms with Gasteiger partial charge < -0.3 is 19.6 Å². The van der Waals surface area contributed by atoms with Crippen molar-refractivity contribution in [2.75, 3.05) is 39.3 Å². The minimum absolute atomic E-state index is 0.0341. The Kier molecular flexibility index (Phi) is 7.35. The lowest BCUT2D eigenvalue weighted by atomic mass is 9.70. The van der Waals surface area contributed by atoms with Crippen LogP contribution in [0, 0.1) is 11.3 Å². The highest BCUT2D eigenvalue weighted by Gasteiger charge is 2.34. The van der Waals surface area contributed by atoms with Gasteiger partial charge in [-0.3, -0.25) is 4.79 Å². The van der Waals surface area contributed by atoms with Gasteiger partial charge in [0.05, 0.1) is 30.8 Å². The first-order chi connectivity index (χ1) is 17.0. The van der Waals surface area contributed by atoms with E-state index in [9.17, 15) is 9.90 Å². The predicted molar refractivity (Wildman–Crippen MR) is 135 cm³/mol. The second-order valence-electron chi connectivity index (χ2n) is 11.1. The number of aromatic nitrogens is 2. The van der Waals surface area contributed by atoms with E-state index in [1.807, 2.05) is 24.3 Å². The van der Waals surface area contributed by atoms with Crippen LogP contribution >= 0.6 is 0 Å². The van der Waals surface area contributed by atoms with Crippen LogP contribution in [0.1, 0.15) is 62.2 Å². The maximum Gasteiger partial charge on any atom is 0.253 e. The molecule has 1 aromatic heterocycles. The van der Waals surface area contributed by atoms with Gasteiger partial charge in [-0.25, -0.2) is 9.97 Å². The number of aliphatic hydroxyl groups excluding tert-OH is 1. The molecule has 35 heavy (non-hydrogen) atoms. The largest absolute Gasteiger partial charge is 0.476 e. The third-order valence-corrected chi connectivity index (χ3v) is 8.08. The molecule has 1 N–H and O–H groups in total. The fourth-order valence-corrected chi connectivity index (χ4v) is 5.64. The number of carbonyl (C=O) groups is 1. The van der Waals surface area contributed by atoms with Crippen molar-refractivity contribution in [3.63, 3.8) is 0 Å². The van der Waals surface area contributed by atoms with E-state index in [-0.39, 0.29) is 5.91 Å². The van der Waals surface area contributed by atoms with Crippen molar-refractivity contribution in [3.8, 4) is 17.1 Å². The summed E-state index contributed by atoms with van der Waals surface area (Å²) in [7, 11) is 0. The van der Waals surface area contributed by atoms with E-state index in [0.29, 0.717) is 42.5 Å². The van der Waals surface area contributed by atoms with Gasteiger partial charge in [-0.1, -0.05) is 25.5 Å². The molecule has 0 spiro atoms. The van der Waals surface area contributed by atoms with E-state index in [0.717, 1.165) is 24.1 Å². The van der Waals surface area contributed by atoms with Crippen molar-refractivity contribution in [1.29, 1.82) is 0 Å². The second-order valence-corrected chi connectivity index (χ2v) is 11.1. The average molecular weight is 479 g/mol. The normalized spacial score (nSPS) is 23.0. The molecule has 7 nitrogen and oxygen atoms in total. The molecule has 1 amide bonds. The molecule has 1 aromatic carbocycles. The van der Waals surface area contributed by atoms with Crippen LogP contribution in [-0.4, -0.2) is 76.2 Å². The third-order valence-electron chi connectivity index (χ3n) is 8.08. The number of ether oxygens (including phenoxy) is 1. The molecule has 3 aliphatic rings. The maximum absolute atomic E-state index is 12.7. The summed E-state index contributed by atoms with van der Waals surface area (Å²) in [5.74, 6) is 1.11. The SMILES string of the molecule is CC1(CN2CCC(COc3cnc(-c4ccc(C(=O)N5CCC[C@@H](O)C5)cc4)cn3)CC2)CCC1. The van der Waals surface area contributed by atoms with E-state index < -0.39 is 6.10 Å². The van der Waals surface area contributed by atoms with Gasteiger partial charge in [-0.05, 0) is 75.1 Å². The minimum atomic E-state index is -0.420. The number of aliphatic hydroxyl groups is 1. The van der Waals surface area contributed by atoms with Crippen molar-refractivity contribution < 1.29 is 14.6 Å². The van der Waals surface area contributed by atoms with Crippen LogP contribution in [-0.2, 0) is 0 Å². The van der Waals surface area contributed by atoms with Crippen molar-refractivity contribution in [2.45, 2.75) is 58.0 Å². The lowest BCUT2D eigenvalue weighted by Crippen LogP contribution is -2.44. The van der Waals surface area contributed by atoms with Crippen LogP contribution in [0.3, 0.4) is 0 Å². The predicted octanol–water partition coefficient (Wildman–Crippen LogP) is 4.02. The zero-order valence-electron chi connectivity index (χ0n) is 20.9. The molecule has 5 rings (SSSR count). The summed E-state index contributed by atoms with van der Waals surface area (Å²) in [5.41, 5.74) is 2.85. The Balaban J connectivity index is 1.09. The molecule has 2 aromatic rings. The molecule has 0 bridgehead atoms. The molecule has 188 valence electrons. The molecule has 1 aliphatic carbocycles. The molecule has 2 saturated heterocycles. The third kappa shape index (κ3) is 6.01. The maximum atomic E-state index is 12.7. The van der Waals surface area contributed by atoms with Gasteiger partial charge in [-0.15, -0.1) is 0 Å². The monoisotopic (exact) mass is 478 g/mol. The fourth-order valence-electron chi connectivity index (χ4n) is 5.64. The summed E-state index contributed by atoms with van der Waals surface area (Å²) in [6, 6.07) is 7.44. The number of carbonyl (C=O) groups excluding carboxylic acids is 1. The summed E-state index contributed by atoms with van der Waals surface area (Å²) in [6.07, 6.45) is 11.1. The quantitative estimate of drug-likeness (QED) is 0.648.